The van der Waals surface area contributed by atoms with Crippen LogP contribution >= 0.6 is 23.1 Å². The summed E-state index contributed by atoms with van der Waals surface area (Å²) in [7, 11) is 0. The first-order valence-corrected chi connectivity index (χ1v) is 11.6. The van der Waals surface area contributed by atoms with E-state index in [9.17, 15) is 14.0 Å². The van der Waals surface area contributed by atoms with Gasteiger partial charge in [-0.25, -0.2) is 14.2 Å². The van der Waals surface area contributed by atoms with Crippen LogP contribution in [0.4, 0.5) is 4.39 Å². The number of hydrogen-bond acceptors (Lipinski definition) is 10. The lowest BCUT2D eigenvalue weighted by atomic mass is 10.2. The summed E-state index contributed by atoms with van der Waals surface area (Å²) >= 11 is 2.35. The largest absolute Gasteiger partial charge is 0.484 e. The maximum Gasteiger partial charge on any atom is 0.348 e. The van der Waals surface area contributed by atoms with E-state index >= 15 is 0 Å². The van der Waals surface area contributed by atoms with E-state index in [-0.39, 0.29) is 41.0 Å². The van der Waals surface area contributed by atoms with Crippen molar-refractivity contribution in [3.05, 3.63) is 62.6 Å². The molecule has 12 heteroatoms. The van der Waals surface area contributed by atoms with Gasteiger partial charge in [-0.05, 0) is 50.6 Å². The number of nitrogens with one attached hydrogen (secondary N) is 1. The molecule has 0 saturated heterocycles. The first kappa shape index (κ1) is 22.9. The molecule has 1 unspecified atom stereocenters. The molecule has 0 bridgehead atoms. The summed E-state index contributed by atoms with van der Waals surface area (Å²) in [5, 5.41) is 8.25. The number of rotatable bonds is 8. The number of halogens is 1. The second-order valence-electron chi connectivity index (χ2n) is 6.87. The zero-order valence-electron chi connectivity index (χ0n) is 17.9. The standard InChI is InChI=1S/C21H19FN4O5S2/c1-4-29-20(28)16-10(2)15-18(27)23-17(24-19(15)33-16)11(3)32-21-26-25-14(31-21)9-30-13-7-5-12(22)6-8-13/h5-8,11H,4,9H2,1-3H3,(H,23,24,27). The van der Waals surface area contributed by atoms with Crippen molar-refractivity contribution in [2.24, 2.45) is 0 Å². The number of H-pyrrole nitrogens is 1. The molecular formula is C21H19FN4O5S2. The first-order valence-electron chi connectivity index (χ1n) is 9.93. The van der Waals surface area contributed by atoms with Gasteiger partial charge in [0.2, 0.25) is 0 Å². The van der Waals surface area contributed by atoms with E-state index in [1.807, 2.05) is 6.92 Å². The third-order valence-electron chi connectivity index (χ3n) is 4.57. The normalized spacial score (nSPS) is 12.1. The van der Waals surface area contributed by atoms with Crippen LogP contribution in [0.2, 0.25) is 0 Å². The molecule has 0 radical (unpaired) electrons. The van der Waals surface area contributed by atoms with Crippen LogP contribution in [0.15, 0.2) is 38.7 Å². The molecule has 3 aromatic heterocycles. The lowest BCUT2D eigenvalue weighted by Crippen LogP contribution is -2.12. The van der Waals surface area contributed by atoms with Gasteiger partial charge in [0.15, 0.2) is 6.61 Å². The molecule has 0 aliphatic rings. The Kier molecular flexibility index (Phi) is 6.75. The summed E-state index contributed by atoms with van der Waals surface area (Å²) in [6.45, 7) is 5.53. The van der Waals surface area contributed by atoms with Crippen molar-refractivity contribution < 1.29 is 23.1 Å². The maximum atomic E-state index is 13.0. The van der Waals surface area contributed by atoms with Crippen LogP contribution in [0, 0.1) is 12.7 Å². The SMILES string of the molecule is CCOC(=O)c1sc2nc(C(C)Sc3nnc(COc4ccc(F)cc4)o3)[nH]c(=O)c2c1C. The highest BCUT2D eigenvalue weighted by Gasteiger charge is 2.22. The van der Waals surface area contributed by atoms with Gasteiger partial charge in [0.1, 0.15) is 27.1 Å². The lowest BCUT2D eigenvalue weighted by molar-refractivity contribution is 0.0531. The summed E-state index contributed by atoms with van der Waals surface area (Å²) in [4.78, 5) is 33.0. The minimum Gasteiger partial charge on any atom is -0.484 e. The van der Waals surface area contributed by atoms with E-state index < -0.39 is 5.97 Å². The molecule has 0 amide bonds. The van der Waals surface area contributed by atoms with Crippen LogP contribution in [-0.4, -0.2) is 32.7 Å². The van der Waals surface area contributed by atoms with Crippen LogP contribution in [0.3, 0.4) is 0 Å². The summed E-state index contributed by atoms with van der Waals surface area (Å²) < 4.78 is 29.1. The number of benzene rings is 1. The Morgan fingerprint density at radius 3 is 2.79 bits per heavy atom. The van der Waals surface area contributed by atoms with Gasteiger partial charge < -0.3 is 18.9 Å². The molecule has 1 N–H and O–H groups in total. The van der Waals surface area contributed by atoms with Gasteiger partial charge >= 0.3 is 5.97 Å². The molecular weight excluding hydrogens is 471 g/mol. The predicted octanol–water partition coefficient (Wildman–Crippen LogP) is 4.42. The number of hydrogen-bond donors (Lipinski definition) is 1. The summed E-state index contributed by atoms with van der Waals surface area (Å²) in [6.07, 6.45) is 0. The Morgan fingerprint density at radius 2 is 2.06 bits per heavy atom. The fourth-order valence-corrected chi connectivity index (χ4v) is 4.81. The summed E-state index contributed by atoms with van der Waals surface area (Å²) in [5.74, 6) is 0.311. The lowest BCUT2D eigenvalue weighted by Gasteiger charge is -2.07. The molecule has 0 aliphatic carbocycles. The van der Waals surface area contributed by atoms with Gasteiger partial charge in [-0.2, -0.15) is 0 Å². The van der Waals surface area contributed by atoms with E-state index in [2.05, 4.69) is 20.2 Å². The van der Waals surface area contributed by atoms with Crippen LogP contribution in [0.5, 0.6) is 5.75 Å². The number of thiophene rings is 1. The van der Waals surface area contributed by atoms with Gasteiger partial charge in [-0.15, -0.1) is 21.5 Å². The summed E-state index contributed by atoms with van der Waals surface area (Å²) in [5.41, 5.74) is 0.224. The minimum atomic E-state index is -0.470. The molecule has 1 atom stereocenters. The molecule has 0 aliphatic heterocycles. The minimum absolute atomic E-state index is 0.0275. The van der Waals surface area contributed by atoms with E-state index in [0.717, 1.165) is 11.3 Å². The topological polar surface area (TPSA) is 120 Å². The molecule has 172 valence electrons. The first-order chi connectivity index (χ1) is 15.9. The quantitative estimate of drug-likeness (QED) is 0.282. The zero-order valence-corrected chi connectivity index (χ0v) is 19.5. The average molecular weight is 491 g/mol. The Labute approximate surface area is 195 Å². The van der Waals surface area contributed by atoms with E-state index in [1.165, 1.54) is 36.0 Å². The maximum absolute atomic E-state index is 13.0. The number of esters is 1. The van der Waals surface area contributed by atoms with Gasteiger partial charge in [0, 0.05) is 0 Å². The van der Waals surface area contributed by atoms with Crippen molar-refractivity contribution in [2.45, 2.75) is 37.9 Å². The highest BCUT2D eigenvalue weighted by molar-refractivity contribution is 7.99. The highest BCUT2D eigenvalue weighted by atomic mass is 32.2. The fourth-order valence-electron chi connectivity index (χ4n) is 2.97. The summed E-state index contributed by atoms with van der Waals surface area (Å²) in [6, 6.07) is 5.59. The molecule has 4 rings (SSSR count). The Morgan fingerprint density at radius 1 is 1.30 bits per heavy atom. The van der Waals surface area contributed by atoms with E-state index in [0.29, 0.717) is 32.2 Å². The molecule has 3 heterocycles. The zero-order chi connectivity index (χ0) is 23.5. The Bertz CT molecular complexity index is 1350. The Balaban J connectivity index is 1.47. The van der Waals surface area contributed by atoms with Crippen molar-refractivity contribution in [1.82, 2.24) is 20.2 Å². The van der Waals surface area contributed by atoms with E-state index in [1.54, 1.807) is 13.8 Å². The number of carbonyl (C=O) groups excluding carboxylic acids is 1. The third-order valence-corrected chi connectivity index (χ3v) is 6.68. The monoisotopic (exact) mass is 490 g/mol. The number of thioether (sulfide) groups is 1. The molecule has 0 spiro atoms. The number of carbonyl (C=O) groups is 1. The number of aromatic nitrogens is 4. The third kappa shape index (κ3) is 5.06. The highest BCUT2D eigenvalue weighted by Crippen LogP contribution is 2.34. The number of ether oxygens (including phenoxy) is 2. The smallest absolute Gasteiger partial charge is 0.348 e. The van der Waals surface area contributed by atoms with Crippen LogP contribution in [0.25, 0.3) is 10.2 Å². The molecule has 33 heavy (non-hydrogen) atoms. The molecule has 0 fully saturated rings. The van der Waals surface area contributed by atoms with Crippen molar-refractivity contribution >= 4 is 39.3 Å². The number of aryl methyl sites for hydroxylation is 1. The van der Waals surface area contributed by atoms with Crippen LogP contribution in [-0.2, 0) is 11.3 Å². The van der Waals surface area contributed by atoms with E-state index in [4.69, 9.17) is 13.9 Å². The van der Waals surface area contributed by atoms with Crippen molar-refractivity contribution in [3.63, 3.8) is 0 Å². The van der Waals surface area contributed by atoms with Crippen LogP contribution < -0.4 is 10.3 Å². The van der Waals surface area contributed by atoms with Crippen LogP contribution in [0.1, 0.15) is 46.0 Å². The van der Waals surface area contributed by atoms with Gasteiger partial charge in [0.25, 0.3) is 16.7 Å². The van der Waals surface area contributed by atoms with Crippen molar-refractivity contribution in [2.75, 3.05) is 6.61 Å². The number of fused-ring (bicyclic) bond motifs is 1. The second-order valence-corrected chi connectivity index (χ2v) is 9.16. The van der Waals surface area contributed by atoms with Gasteiger partial charge in [0.05, 0.1) is 17.2 Å². The van der Waals surface area contributed by atoms with Crippen molar-refractivity contribution in [1.29, 1.82) is 0 Å². The average Bonchev–Trinajstić information content (AvgIpc) is 3.37. The molecule has 9 nitrogen and oxygen atoms in total. The fraction of sp³-hybridized carbons (Fsp3) is 0.286. The van der Waals surface area contributed by atoms with Gasteiger partial charge in [-0.3, -0.25) is 4.79 Å². The number of aromatic amines is 1. The molecule has 1 aromatic carbocycles. The van der Waals surface area contributed by atoms with Gasteiger partial charge in [-0.1, -0.05) is 11.8 Å². The number of nitrogens with zero attached hydrogens (tertiary/aromatic N) is 3. The second kappa shape index (κ2) is 9.71. The Hall–Kier alpha value is -3.25. The molecule has 4 aromatic rings. The van der Waals surface area contributed by atoms with Crippen molar-refractivity contribution in [3.8, 4) is 5.75 Å². The molecule has 0 saturated carbocycles. The predicted molar refractivity (Wildman–Crippen MR) is 120 cm³/mol.